The van der Waals surface area contributed by atoms with Crippen LogP contribution in [0.3, 0.4) is 0 Å². The third-order valence-electron chi connectivity index (χ3n) is 2.47. The number of carbonyl (C=O) groups excluding carboxylic acids is 1. The molecule has 0 aliphatic rings. The van der Waals surface area contributed by atoms with Gasteiger partial charge in [0, 0.05) is 5.39 Å². The van der Waals surface area contributed by atoms with E-state index in [9.17, 15) is 13.6 Å². The van der Waals surface area contributed by atoms with Crippen LogP contribution in [0.25, 0.3) is 10.8 Å². The highest BCUT2D eigenvalue weighted by atomic mass is 19.2. The number of hydrogen-bond acceptors (Lipinski definition) is 3. The second kappa shape index (κ2) is 5.95. The molecule has 1 N–H and O–H groups in total. The number of esters is 1. The molecule has 0 amide bonds. The van der Waals surface area contributed by atoms with Gasteiger partial charge in [0.1, 0.15) is 18.6 Å². The van der Waals surface area contributed by atoms with Gasteiger partial charge in [-0.2, -0.15) is 4.39 Å². The van der Waals surface area contributed by atoms with Gasteiger partial charge in [-0.3, -0.25) is 0 Å². The minimum Gasteiger partial charge on any atom is -0.425 e. The number of hydrogen-bond donors (Lipinski definition) is 1. The largest absolute Gasteiger partial charge is 0.425 e. The van der Waals surface area contributed by atoms with E-state index in [0.717, 1.165) is 10.8 Å². The van der Waals surface area contributed by atoms with E-state index in [4.69, 9.17) is 4.74 Å². The Morgan fingerprint density at radius 2 is 1.95 bits per heavy atom. The Balaban J connectivity index is 2.11. The molecule has 0 spiro atoms. The molecule has 98 valence electrons. The third-order valence-corrected chi connectivity index (χ3v) is 2.47. The number of nitrogens with one attached hydrogen (secondary N) is 1. The maximum atomic E-state index is 12.5. The van der Waals surface area contributed by atoms with E-state index < -0.39 is 18.5 Å². The van der Waals surface area contributed by atoms with Gasteiger partial charge in [0.2, 0.25) is 5.95 Å². The lowest BCUT2D eigenvalue weighted by molar-refractivity contribution is -0.133. The SMILES string of the molecule is O=C(CN/C(F)=C/F)Oc1cccc2ccccc12. The topological polar surface area (TPSA) is 38.3 Å². The molecule has 2 aromatic rings. The summed E-state index contributed by atoms with van der Waals surface area (Å²) in [6.07, 6.45) is -0.259. The van der Waals surface area contributed by atoms with Crippen LogP contribution < -0.4 is 10.1 Å². The van der Waals surface area contributed by atoms with E-state index >= 15 is 0 Å². The summed E-state index contributed by atoms with van der Waals surface area (Å²) in [5.41, 5.74) is 0. The number of rotatable bonds is 4. The fourth-order valence-electron chi connectivity index (χ4n) is 1.64. The van der Waals surface area contributed by atoms with E-state index in [0.29, 0.717) is 5.75 Å². The maximum absolute atomic E-state index is 12.5. The molecule has 0 atom stereocenters. The average molecular weight is 263 g/mol. The molecule has 0 aromatic heterocycles. The smallest absolute Gasteiger partial charge is 0.330 e. The quantitative estimate of drug-likeness (QED) is 0.523. The Hall–Kier alpha value is -2.43. The van der Waals surface area contributed by atoms with Gasteiger partial charge in [-0.05, 0) is 11.5 Å². The summed E-state index contributed by atoms with van der Waals surface area (Å²) in [6.45, 7) is -0.449. The molecule has 0 aliphatic heterocycles. The summed E-state index contributed by atoms with van der Waals surface area (Å²) in [6, 6.07) is 12.7. The molecule has 0 saturated heterocycles. The van der Waals surface area contributed by atoms with Crippen LogP contribution in [0.5, 0.6) is 5.75 Å². The molecule has 0 unspecified atom stereocenters. The minimum absolute atomic E-state index is 0.259. The van der Waals surface area contributed by atoms with Crippen molar-refractivity contribution >= 4 is 16.7 Å². The van der Waals surface area contributed by atoms with Crippen molar-refractivity contribution in [2.24, 2.45) is 0 Å². The minimum atomic E-state index is -1.21. The highest BCUT2D eigenvalue weighted by Gasteiger charge is 2.08. The average Bonchev–Trinajstić information content (AvgIpc) is 2.45. The van der Waals surface area contributed by atoms with Crippen LogP contribution in [0.1, 0.15) is 0 Å². The zero-order valence-corrected chi connectivity index (χ0v) is 9.90. The number of fused-ring (bicyclic) bond motifs is 1. The molecular formula is C14H11F2NO2. The Labute approximate surface area is 108 Å². The van der Waals surface area contributed by atoms with E-state index in [-0.39, 0.29) is 6.33 Å². The van der Waals surface area contributed by atoms with Crippen LogP contribution in [-0.4, -0.2) is 12.5 Å². The predicted molar refractivity (Wildman–Crippen MR) is 67.9 cm³/mol. The van der Waals surface area contributed by atoms with Gasteiger partial charge in [0.25, 0.3) is 0 Å². The van der Waals surface area contributed by atoms with Crippen molar-refractivity contribution in [3.05, 3.63) is 54.7 Å². The van der Waals surface area contributed by atoms with Crippen LogP contribution in [0.15, 0.2) is 54.7 Å². The highest BCUT2D eigenvalue weighted by Crippen LogP contribution is 2.25. The first-order valence-electron chi connectivity index (χ1n) is 5.59. The normalized spacial score (nSPS) is 11.4. The van der Waals surface area contributed by atoms with E-state index in [1.807, 2.05) is 35.6 Å². The molecule has 2 aromatic carbocycles. The first-order chi connectivity index (χ1) is 9.20. The van der Waals surface area contributed by atoms with Crippen molar-refractivity contribution in [1.82, 2.24) is 5.32 Å². The van der Waals surface area contributed by atoms with E-state index in [1.165, 1.54) is 0 Å². The fraction of sp³-hybridized carbons (Fsp3) is 0.0714. The molecule has 0 saturated carbocycles. The van der Waals surface area contributed by atoms with Crippen molar-refractivity contribution in [2.45, 2.75) is 0 Å². The molecule has 0 radical (unpaired) electrons. The highest BCUT2D eigenvalue weighted by molar-refractivity contribution is 5.90. The second-order valence-corrected chi connectivity index (χ2v) is 3.76. The lowest BCUT2D eigenvalue weighted by Gasteiger charge is -2.08. The summed E-state index contributed by atoms with van der Waals surface area (Å²) in [4.78, 5) is 11.5. The molecular weight excluding hydrogens is 252 g/mol. The first-order valence-corrected chi connectivity index (χ1v) is 5.59. The second-order valence-electron chi connectivity index (χ2n) is 3.76. The van der Waals surface area contributed by atoms with Crippen LogP contribution in [0.2, 0.25) is 0 Å². The van der Waals surface area contributed by atoms with Gasteiger partial charge in [-0.1, -0.05) is 36.4 Å². The lowest BCUT2D eigenvalue weighted by Crippen LogP contribution is -2.24. The third kappa shape index (κ3) is 3.28. The molecule has 0 fully saturated rings. The Bertz CT molecular complexity index is 620. The van der Waals surface area contributed by atoms with Crippen molar-refractivity contribution in [2.75, 3.05) is 6.54 Å². The monoisotopic (exact) mass is 263 g/mol. The van der Waals surface area contributed by atoms with Crippen LogP contribution in [0.4, 0.5) is 8.78 Å². The van der Waals surface area contributed by atoms with Gasteiger partial charge in [0.15, 0.2) is 0 Å². The van der Waals surface area contributed by atoms with Crippen molar-refractivity contribution in [1.29, 1.82) is 0 Å². The Kier molecular flexibility index (Phi) is 4.07. The van der Waals surface area contributed by atoms with Crippen LogP contribution in [-0.2, 0) is 4.79 Å². The lowest BCUT2D eigenvalue weighted by atomic mass is 10.1. The fourth-order valence-corrected chi connectivity index (χ4v) is 1.64. The van der Waals surface area contributed by atoms with Gasteiger partial charge in [-0.15, -0.1) is 0 Å². The maximum Gasteiger partial charge on any atom is 0.330 e. The molecule has 3 nitrogen and oxygen atoms in total. The van der Waals surface area contributed by atoms with Crippen molar-refractivity contribution in [3.8, 4) is 5.75 Å². The van der Waals surface area contributed by atoms with Gasteiger partial charge in [-0.25, -0.2) is 9.18 Å². The van der Waals surface area contributed by atoms with Crippen molar-refractivity contribution < 1.29 is 18.3 Å². The molecule has 5 heteroatoms. The summed E-state index contributed by atoms with van der Waals surface area (Å²) in [5, 5.41) is 3.65. The van der Waals surface area contributed by atoms with Crippen molar-refractivity contribution in [3.63, 3.8) is 0 Å². The number of benzene rings is 2. The summed E-state index contributed by atoms with van der Waals surface area (Å²) in [7, 11) is 0. The number of carbonyl (C=O) groups is 1. The van der Waals surface area contributed by atoms with Gasteiger partial charge < -0.3 is 10.1 Å². The Morgan fingerprint density at radius 3 is 2.74 bits per heavy atom. The molecule has 0 heterocycles. The number of halogens is 2. The van der Waals surface area contributed by atoms with Crippen LogP contribution >= 0.6 is 0 Å². The molecule has 19 heavy (non-hydrogen) atoms. The molecule has 0 bridgehead atoms. The predicted octanol–water partition coefficient (Wildman–Crippen LogP) is 3.07. The van der Waals surface area contributed by atoms with E-state index in [1.54, 1.807) is 12.1 Å². The standard InChI is InChI=1S/C14H11F2NO2/c15-8-13(16)17-9-14(18)19-12-7-3-5-10-4-1-2-6-11(10)12/h1-8,17H,9H2/b13-8+. The summed E-state index contributed by atoms with van der Waals surface area (Å²) in [5.74, 6) is -1.53. The zero-order chi connectivity index (χ0) is 13.7. The Morgan fingerprint density at radius 1 is 1.21 bits per heavy atom. The number of ether oxygens (including phenoxy) is 1. The molecule has 0 aliphatic carbocycles. The summed E-state index contributed by atoms with van der Waals surface area (Å²) >= 11 is 0. The summed E-state index contributed by atoms with van der Waals surface area (Å²) < 4.78 is 29.3. The first kappa shape index (κ1) is 13.0. The zero-order valence-electron chi connectivity index (χ0n) is 9.90. The van der Waals surface area contributed by atoms with Gasteiger partial charge in [0.05, 0.1) is 0 Å². The van der Waals surface area contributed by atoms with E-state index in [2.05, 4.69) is 0 Å². The van der Waals surface area contributed by atoms with Gasteiger partial charge >= 0.3 is 5.97 Å². The van der Waals surface area contributed by atoms with Crippen LogP contribution in [0, 0.1) is 0 Å². The molecule has 2 rings (SSSR count).